The maximum absolute atomic E-state index is 12.0. The summed E-state index contributed by atoms with van der Waals surface area (Å²) in [5.41, 5.74) is 0. The molecule has 166 valence electrons. The molecular weight excluding hydrogens is 374 g/mol. The van der Waals surface area contributed by atoms with Gasteiger partial charge in [-0.15, -0.1) is 0 Å². The number of likely N-dealkylation sites (N-methyl/N-ethyl adjacent to an activating group) is 1. The van der Waals surface area contributed by atoms with Gasteiger partial charge in [-0.2, -0.15) is 0 Å². The number of nitrogens with one attached hydrogen (secondary N) is 1. The Morgan fingerprint density at radius 1 is 1.07 bits per heavy atom. The lowest BCUT2D eigenvalue weighted by molar-refractivity contribution is -0.127. The van der Waals surface area contributed by atoms with Crippen molar-refractivity contribution in [1.29, 1.82) is 0 Å². The SMILES string of the molecule is CCOCC1CCN(C(=NCC(=O)N(C)C)NC2CCN(C(=O)OCC)CC2)C1. The first-order valence-electron chi connectivity index (χ1n) is 10.7. The zero-order valence-corrected chi connectivity index (χ0v) is 18.4. The van der Waals surface area contributed by atoms with Crippen LogP contribution >= 0.6 is 0 Å². The topological polar surface area (TPSA) is 86.7 Å². The third-order valence-electron chi connectivity index (χ3n) is 5.36. The molecular formula is C20H37N5O4. The summed E-state index contributed by atoms with van der Waals surface area (Å²) in [7, 11) is 3.48. The van der Waals surface area contributed by atoms with Crippen molar-refractivity contribution in [3.63, 3.8) is 0 Å². The Hall–Kier alpha value is -2.03. The monoisotopic (exact) mass is 411 g/mol. The number of carbonyl (C=O) groups is 2. The number of likely N-dealkylation sites (tertiary alicyclic amines) is 2. The van der Waals surface area contributed by atoms with E-state index in [1.54, 1.807) is 23.9 Å². The van der Waals surface area contributed by atoms with Gasteiger partial charge >= 0.3 is 6.09 Å². The molecule has 0 aromatic heterocycles. The zero-order chi connectivity index (χ0) is 21.2. The van der Waals surface area contributed by atoms with Crippen LogP contribution in [0.5, 0.6) is 0 Å². The largest absolute Gasteiger partial charge is 0.450 e. The van der Waals surface area contributed by atoms with Crippen molar-refractivity contribution in [2.24, 2.45) is 10.9 Å². The second-order valence-corrected chi connectivity index (χ2v) is 7.79. The first-order chi connectivity index (χ1) is 13.9. The molecule has 0 aromatic rings. The van der Waals surface area contributed by atoms with Crippen LogP contribution in [0, 0.1) is 5.92 Å². The molecule has 29 heavy (non-hydrogen) atoms. The van der Waals surface area contributed by atoms with Gasteiger partial charge in [0.2, 0.25) is 5.91 Å². The number of rotatable bonds is 7. The molecule has 0 aromatic carbocycles. The Balaban J connectivity index is 1.95. The molecule has 0 saturated carbocycles. The van der Waals surface area contributed by atoms with E-state index in [9.17, 15) is 9.59 Å². The summed E-state index contributed by atoms with van der Waals surface area (Å²) in [5.74, 6) is 1.25. The van der Waals surface area contributed by atoms with Gasteiger partial charge in [0.15, 0.2) is 5.96 Å². The maximum Gasteiger partial charge on any atom is 0.409 e. The number of aliphatic imine (C=N–C) groups is 1. The normalized spacial score (nSPS) is 20.7. The van der Waals surface area contributed by atoms with Gasteiger partial charge in [-0.05, 0) is 33.1 Å². The number of nitrogens with zero attached hydrogens (tertiary/aromatic N) is 4. The minimum absolute atomic E-state index is 0.0218. The summed E-state index contributed by atoms with van der Waals surface area (Å²) >= 11 is 0. The number of amides is 2. The third-order valence-corrected chi connectivity index (χ3v) is 5.36. The van der Waals surface area contributed by atoms with Crippen LogP contribution in [0.4, 0.5) is 4.79 Å². The zero-order valence-electron chi connectivity index (χ0n) is 18.4. The molecule has 0 radical (unpaired) electrons. The van der Waals surface area contributed by atoms with Gasteiger partial charge in [-0.25, -0.2) is 9.79 Å². The standard InChI is InChI=1S/C20H37N5O4/c1-5-28-15-16-7-10-25(14-16)19(21-13-18(26)23(3)4)22-17-8-11-24(12-9-17)20(27)29-6-2/h16-17H,5-15H2,1-4H3,(H,21,22). The van der Waals surface area contributed by atoms with E-state index < -0.39 is 0 Å². The van der Waals surface area contributed by atoms with E-state index in [4.69, 9.17) is 9.47 Å². The maximum atomic E-state index is 12.0. The fourth-order valence-corrected chi connectivity index (χ4v) is 3.57. The van der Waals surface area contributed by atoms with E-state index in [1.165, 1.54) is 0 Å². The summed E-state index contributed by atoms with van der Waals surface area (Å²) in [6, 6.07) is 0.222. The quantitative estimate of drug-likeness (QED) is 0.497. The lowest BCUT2D eigenvalue weighted by Crippen LogP contribution is -2.51. The Kier molecular flexibility index (Phi) is 9.50. The molecule has 2 rings (SSSR count). The molecule has 1 unspecified atom stereocenters. The van der Waals surface area contributed by atoms with Gasteiger partial charge in [0.25, 0.3) is 0 Å². The molecule has 2 aliphatic heterocycles. The summed E-state index contributed by atoms with van der Waals surface area (Å²) < 4.78 is 10.7. The van der Waals surface area contributed by atoms with Gasteiger partial charge in [-0.1, -0.05) is 0 Å². The lowest BCUT2D eigenvalue weighted by atomic mass is 10.1. The van der Waals surface area contributed by atoms with Crippen molar-refractivity contribution in [3.8, 4) is 0 Å². The molecule has 1 N–H and O–H groups in total. The molecule has 2 fully saturated rings. The van der Waals surface area contributed by atoms with E-state index in [1.807, 2.05) is 13.8 Å². The van der Waals surface area contributed by atoms with Crippen molar-refractivity contribution in [3.05, 3.63) is 0 Å². The number of piperidine rings is 1. The minimum atomic E-state index is -0.241. The highest BCUT2D eigenvalue weighted by molar-refractivity contribution is 5.85. The van der Waals surface area contributed by atoms with Crippen LogP contribution < -0.4 is 5.32 Å². The van der Waals surface area contributed by atoms with E-state index >= 15 is 0 Å². The number of hydrogen-bond donors (Lipinski definition) is 1. The molecule has 1 atom stereocenters. The molecule has 0 aliphatic carbocycles. The van der Waals surface area contributed by atoms with Gasteiger partial charge in [-0.3, -0.25) is 4.79 Å². The van der Waals surface area contributed by atoms with Crippen molar-refractivity contribution < 1.29 is 19.1 Å². The first kappa shape index (κ1) is 23.3. The Bertz CT molecular complexity index is 561. The third kappa shape index (κ3) is 7.38. The minimum Gasteiger partial charge on any atom is -0.450 e. The highest BCUT2D eigenvalue weighted by atomic mass is 16.6. The Morgan fingerprint density at radius 2 is 1.76 bits per heavy atom. The molecule has 9 nitrogen and oxygen atoms in total. The van der Waals surface area contributed by atoms with Crippen molar-refractivity contribution >= 4 is 18.0 Å². The van der Waals surface area contributed by atoms with E-state index in [-0.39, 0.29) is 24.6 Å². The van der Waals surface area contributed by atoms with Crippen LogP contribution in [0.15, 0.2) is 4.99 Å². The molecule has 2 aliphatic rings. The van der Waals surface area contributed by atoms with Gasteiger partial charge < -0.3 is 29.5 Å². The van der Waals surface area contributed by atoms with E-state index in [0.717, 1.165) is 51.5 Å². The smallest absolute Gasteiger partial charge is 0.409 e. The van der Waals surface area contributed by atoms with Crippen molar-refractivity contribution in [1.82, 2.24) is 20.0 Å². The molecule has 0 bridgehead atoms. The van der Waals surface area contributed by atoms with E-state index in [0.29, 0.717) is 25.6 Å². The van der Waals surface area contributed by atoms with Gasteiger partial charge in [0, 0.05) is 58.8 Å². The highest BCUT2D eigenvalue weighted by Crippen LogP contribution is 2.18. The van der Waals surface area contributed by atoms with Crippen LogP contribution in [0.1, 0.15) is 33.1 Å². The van der Waals surface area contributed by atoms with Crippen LogP contribution in [-0.4, -0.2) is 105 Å². The van der Waals surface area contributed by atoms with Gasteiger partial charge in [0.1, 0.15) is 6.54 Å². The number of hydrogen-bond acceptors (Lipinski definition) is 5. The van der Waals surface area contributed by atoms with E-state index in [2.05, 4.69) is 15.2 Å². The van der Waals surface area contributed by atoms with Crippen LogP contribution in [-0.2, 0) is 14.3 Å². The van der Waals surface area contributed by atoms with Crippen molar-refractivity contribution in [2.45, 2.75) is 39.2 Å². The van der Waals surface area contributed by atoms with Gasteiger partial charge in [0.05, 0.1) is 13.2 Å². The molecule has 2 amide bonds. The second-order valence-electron chi connectivity index (χ2n) is 7.79. The summed E-state index contributed by atoms with van der Waals surface area (Å²) in [6.45, 7) is 8.94. The molecule has 2 saturated heterocycles. The number of ether oxygens (including phenoxy) is 2. The predicted octanol–water partition coefficient (Wildman–Crippen LogP) is 1.000. The van der Waals surface area contributed by atoms with Crippen LogP contribution in [0.3, 0.4) is 0 Å². The first-order valence-corrected chi connectivity index (χ1v) is 10.7. The average Bonchev–Trinajstić information content (AvgIpc) is 3.18. The van der Waals surface area contributed by atoms with Crippen molar-refractivity contribution in [2.75, 3.05) is 66.6 Å². The summed E-state index contributed by atoms with van der Waals surface area (Å²) in [4.78, 5) is 34.1. The Labute approximate surface area is 174 Å². The molecule has 0 spiro atoms. The van der Waals surface area contributed by atoms with Crippen LogP contribution in [0.2, 0.25) is 0 Å². The lowest BCUT2D eigenvalue weighted by Gasteiger charge is -2.34. The fourth-order valence-electron chi connectivity index (χ4n) is 3.57. The average molecular weight is 412 g/mol. The molecule has 2 heterocycles. The Morgan fingerprint density at radius 3 is 2.38 bits per heavy atom. The summed E-state index contributed by atoms with van der Waals surface area (Å²) in [6.07, 6.45) is 2.48. The highest BCUT2D eigenvalue weighted by Gasteiger charge is 2.29. The van der Waals surface area contributed by atoms with Crippen LogP contribution in [0.25, 0.3) is 0 Å². The molecule has 9 heteroatoms. The summed E-state index contributed by atoms with van der Waals surface area (Å²) in [5, 5.41) is 3.55. The number of guanidine groups is 1. The number of carbonyl (C=O) groups excluding carboxylic acids is 2. The second kappa shape index (κ2) is 11.8. The fraction of sp³-hybridized carbons (Fsp3) is 0.850. The predicted molar refractivity (Wildman–Crippen MR) is 112 cm³/mol.